The van der Waals surface area contributed by atoms with Crippen LogP contribution in [0.4, 0.5) is 4.39 Å². The van der Waals surface area contributed by atoms with Crippen molar-refractivity contribution >= 4 is 16.8 Å². The van der Waals surface area contributed by atoms with Crippen molar-refractivity contribution in [1.82, 2.24) is 20.4 Å². The van der Waals surface area contributed by atoms with Gasteiger partial charge >= 0.3 is 0 Å². The van der Waals surface area contributed by atoms with Crippen molar-refractivity contribution in [1.29, 1.82) is 0 Å². The molecule has 2 N–H and O–H groups in total. The second-order valence-electron chi connectivity index (χ2n) is 7.29. The number of halogens is 1. The van der Waals surface area contributed by atoms with Crippen LogP contribution in [-0.4, -0.2) is 42.0 Å². The van der Waals surface area contributed by atoms with E-state index < -0.39 is 11.6 Å². The second-order valence-corrected chi connectivity index (χ2v) is 7.29. The minimum Gasteiger partial charge on any atom is -0.355 e. The molecule has 0 radical (unpaired) electrons. The average Bonchev–Trinajstić information content (AvgIpc) is 3.14. The highest BCUT2D eigenvalue weighted by molar-refractivity contribution is 6.05. The van der Waals surface area contributed by atoms with Crippen LogP contribution in [0.1, 0.15) is 29.3 Å². The van der Waals surface area contributed by atoms with Gasteiger partial charge in [-0.25, -0.2) is 9.07 Å². The van der Waals surface area contributed by atoms with Crippen LogP contribution >= 0.6 is 0 Å². The number of piperidine rings is 1. The maximum absolute atomic E-state index is 14.5. The Balaban J connectivity index is 1.69. The fraction of sp³-hybridized carbons (Fsp3) is 0.333. The van der Waals surface area contributed by atoms with Crippen molar-refractivity contribution in [3.05, 3.63) is 59.8 Å². The van der Waals surface area contributed by atoms with Gasteiger partial charge in [0.25, 0.3) is 5.91 Å². The summed E-state index contributed by atoms with van der Waals surface area (Å²) in [7, 11) is 1.61. The van der Waals surface area contributed by atoms with Crippen LogP contribution in [0.2, 0.25) is 0 Å². The van der Waals surface area contributed by atoms with Crippen molar-refractivity contribution < 1.29 is 9.18 Å². The molecular formula is C21H23FN4O. The summed E-state index contributed by atoms with van der Waals surface area (Å²) in [4.78, 5) is 12.1. The van der Waals surface area contributed by atoms with Gasteiger partial charge in [0.05, 0.1) is 11.3 Å². The maximum atomic E-state index is 14.5. The van der Waals surface area contributed by atoms with Crippen molar-refractivity contribution in [3.63, 3.8) is 0 Å². The van der Waals surface area contributed by atoms with Crippen LogP contribution in [0.25, 0.3) is 16.6 Å². The van der Waals surface area contributed by atoms with E-state index in [1.165, 1.54) is 0 Å². The molecule has 0 saturated carbocycles. The van der Waals surface area contributed by atoms with Gasteiger partial charge in [0.2, 0.25) is 0 Å². The molecule has 2 heterocycles. The zero-order valence-corrected chi connectivity index (χ0v) is 15.5. The zero-order valence-electron chi connectivity index (χ0n) is 15.5. The van der Waals surface area contributed by atoms with Gasteiger partial charge in [0.15, 0.2) is 0 Å². The topological polar surface area (TPSA) is 59.0 Å². The summed E-state index contributed by atoms with van der Waals surface area (Å²) in [5, 5.41) is 11.4. The highest BCUT2D eigenvalue weighted by Gasteiger charge is 2.38. The van der Waals surface area contributed by atoms with Gasteiger partial charge in [-0.3, -0.25) is 4.79 Å². The summed E-state index contributed by atoms with van der Waals surface area (Å²) in [6, 6.07) is 13.4. The van der Waals surface area contributed by atoms with E-state index in [1.807, 2.05) is 49.5 Å². The Bertz CT molecular complexity index is 982. The fourth-order valence-corrected chi connectivity index (χ4v) is 3.78. The predicted molar refractivity (Wildman–Crippen MR) is 104 cm³/mol. The Labute approximate surface area is 157 Å². The molecule has 4 rings (SSSR count). The number of amides is 1. The quantitative estimate of drug-likeness (QED) is 0.749. The molecule has 0 bridgehead atoms. The molecule has 1 saturated heterocycles. The van der Waals surface area contributed by atoms with Gasteiger partial charge in [0, 0.05) is 30.6 Å². The number of benzene rings is 2. The lowest BCUT2D eigenvalue weighted by Gasteiger charge is -2.38. The van der Waals surface area contributed by atoms with E-state index in [0.29, 0.717) is 24.0 Å². The Kier molecular flexibility index (Phi) is 4.44. The zero-order chi connectivity index (χ0) is 19.0. The number of hydrogen-bond acceptors (Lipinski definition) is 3. The standard InChI is InChI=1S/C21H23FN4O/c1-21(13-24-11-10-18(21)22)15-6-8-16(9-7-15)26-12-14-4-3-5-17(19(14)25-26)20(27)23-2/h3-9,12,18,24H,10-11,13H2,1-2H3,(H,23,27)/t18-,21+/m1/s1. The Morgan fingerprint density at radius 3 is 2.78 bits per heavy atom. The summed E-state index contributed by atoms with van der Waals surface area (Å²) in [6.07, 6.45) is 1.58. The number of hydrogen-bond donors (Lipinski definition) is 2. The number of nitrogens with zero attached hydrogens (tertiary/aromatic N) is 2. The van der Waals surface area contributed by atoms with E-state index in [2.05, 4.69) is 15.7 Å². The lowest BCUT2D eigenvalue weighted by atomic mass is 9.75. The lowest BCUT2D eigenvalue weighted by Crippen LogP contribution is -2.49. The monoisotopic (exact) mass is 366 g/mol. The minimum absolute atomic E-state index is 0.159. The number of alkyl halides is 1. The summed E-state index contributed by atoms with van der Waals surface area (Å²) in [5.74, 6) is -0.159. The van der Waals surface area contributed by atoms with Crippen LogP contribution in [0.5, 0.6) is 0 Å². The number of carbonyl (C=O) groups is 1. The molecule has 0 unspecified atom stereocenters. The number of fused-ring (bicyclic) bond motifs is 1. The molecule has 1 amide bonds. The molecule has 1 fully saturated rings. The highest BCUT2D eigenvalue weighted by atomic mass is 19.1. The van der Waals surface area contributed by atoms with Gasteiger partial charge in [-0.05, 0) is 36.7 Å². The summed E-state index contributed by atoms with van der Waals surface area (Å²) >= 11 is 0. The summed E-state index contributed by atoms with van der Waals surface area (Å²) in [5.41, 5.74) is 2.55. The molecule has 0 spiro atoms. The number of carbonyl (C=O) groups excluding carboxylic acids is 1. The Hall–Kier alpha value is -2.73. The second kappa shape index (κ2) is 6.78. The predicted octanol–water partition coefficient (Wildman–Crippen LogP) is 2.97. The Morgan fingerprint density at radius 2 is 2.07 bits per heavy atom. The normalized spacial score (nSPS) is 22.7. The first kappa shape index (κ1) is 17.7. The first-order valence-corrected chi connectivity index (χ1v) is 9.19. The van der Waals surface area contributed by atoms with Gasteiger partial charge in [-0.15, -0.1) is 0 Å². The summed E-state index contributed by atoms with van der Waals surface area (Å²) < 4.78 is 16.3. The van der Waals surface area contributed by atoms with E-state index >= 15 is 0 Å². The lowest BCUT2D eigenvalue weighted by molar-refractivity contribution is 0.0964. The van der Waals surface area contributed by atoms with Crippen LogP contribution in [0, 0.1) is 0 Å². The molecule has 27 heavy (non-hydrogen) atoms. The first-order valence-electron chi connectivity index (χ1n) is 9.19. The van der Waals surface area contributed by atoms with Crippen LogP contribution in [0.15, 0.2) is 48.7 Å². The maximum Gasteiger partial charge on any atom is 0.253 e. The molecule has 2 aromatic carbocycles. The van der Waals surface area contributed by atoms with Gasteiger partial charge in [0.1, 0.15) is 11.7 Å². The van der Waals surface area contributed by atoms with Gasteiger partial charge in [-0.1, -0.05) is 31.2 Å². The third kappa shape index (κ3) is 3.00. The highest BCUT2D eigenvalue weighted by Crippen LogP contribution is 2.33. The molecular weight excluding hydrogens is 343 g/mol. The smallest absolute Gasteiger partial charge is 0.253 e. The molecule has 0 aliphatic carbocycles. The van der Waals surface area contributed by atoms with Crippen molar-refractivity contribution in [3.8, 4) is 5.69 Å². The molecule has 3 aromatic rings. The molecule has 140 valence electrons. The molecule has 6 heteroatoms. The van der Waals surface area contributed by atoms with E-state index in [1.54, 1.807) is 17.8 Å². The summed E-state index contributed by atoms with van der Waals surface area (Å²) in [6.45, 7) is 3.33. The molecule has 1 aliphatic rings. The third-order valence-corrected chi connectivity index (χ3v) is 5.56. The Morgan fingerprint density at radius 1 is 1.30 bits per heavy atom. The molecule has 2 atom stereocenters. The van der Waals surface area contributed by atoms with E-state index in [-0.39, 0.29) is 5.91 Å². The van der Waals surface area contributed by atoms with Crippen molar-refractivity contribution in [2.75, 3.05) is 20.1 Å². The number of aromatic nitrogens is 2. The molecule has 5 nitrogen and oxygen atoms in total. The first-order chi connectivity index (χ1) is 13.0. The third-order valence-electron chi connectivity index (χ3n) is 5.56. The largest absolute Gasteiger partial charge is 0.355 e. The van der Waals surface area contributed by atoms with E-state index in [4.69, 9.17) is 0 Å². The van der Waals surface area contributed by atoms with Gasteiger partial charge < -0.3 is 10.6 Å². The molecule has 1 aromatic heterocycles. The molecule has 1 aliphatic heterocycles. The number of nitrogens with one attached hydrogen (secondary N) is 2. The van der Waals surface area contributed by atoms with Crippen molar-refractivity contribution in [2.45, 2.75) is 24.9 Å². The van der Waals surface area contributed by atoms with Crippen LogP contribution in [-0.2, 0) is 5.41 Å². The number of rotatable bonds is 3. The van der Waals surface area contributed by atoms with E-state index in [9.17, 15) is 9.18 Å². The average molecular weight is 366 g/mol. The van der Waals surface area contributed by atoms with E-state index in [0.717, 1.165) is 23.2 Å². The van der Waals surface area contributed by atoms with Gasteiger partial charge in [-0.2, -0.15) is 5.10 Å². The minimum atomic E-state index is -0.855. The van der Waals surface area contributed by atoms with Crippen LogP contribution in [0.3, 0.4) is 0 Å². The van der Waals surface area contributed by atoms with Crippen molar-refractivity contribution in [2.24, 2.45) is 0 Å². The fourth-order valence-electron chi connectivity index (χ4n) is 3.78. The van der Waals surface area contributed by atoms with Crippen LogP contribution < -0.4 is 10.6 Å². The SMILES string of the molecule is CNC(=O)c1cccc2cn(-c3ccc([C@]4(C)CNCC[C@H]4F)cc3)nc12.